The molecule has 0 fully saturated rings. The first-order chi connectivity index (χ1) is 8.69. The monoisotopic (exact) mass is 323 g/mol. The maximum atomic E-state index is 3.57. The number of halogens is 1. The normalized spacial score (nSPS) is 12.6. The molecule has 3 heteroatoms. The lowest BCUT2D eigenvalue weighted by Crippen LogP contribution is -2.22. The van der Waals surface area contributed by atoms with Crippen molar-refractivity contribution >= 4 is 27.3 Å². The highest BCUT2D eigenvalue weighted by atomic mass is 79.9. The van der Waals surface area contributed by atoms with Crippen molar-refractivity contribution in [2.45, 2.75) is 26.3 Å². The zero-order valence-corrected chi connectivity index (χ0v) is 13.1. The van der Waals surface area contributed by atoms with Crippen LogP contribution in [0.4, 0.5) is 0 Å². The minimum absolute atomic E-state index is 0.410. The molecule has 0 aliphatic carbocycles. The van der Waals surface area contributed by atoms with Crippen LogP contribution in [-0.2, 0) is 6.42 Å². The molecule has 1 N–H and O–H groups in total. The molecule has 0 spiro atoms. The van der Waals surface area contributed by atoms with Crippen molar-refractivity contribution in [2.75, 3.05) is 6.54 Å². The SMILES string of the molecule is CCNC(Cc1cccc(C)c1)c1cc(Br)cs1. The highest BCUT2D eigenvalue weighted by Crippen LogP contribution is 2.28. The maximum absolute atomic E-state index is 3.57. The van der Waals surface area contributed by atoms with Crippen LogP contribution in [0.25, 0.3) is 0 Å². The molecular weight excluding hydrogens is 306 g/mol. The molecule has 0 bridgehead atoms. The minimum Gasteiger partial charge on any atom is -0.309 e. The lowest BCUT2D eigenvalue weighted by Gasteiger charge is -2.16. The number of nitrogens with one attached hydrogen (secondary N) is 1. The average molecular weight is 324 g/mol. The van der Waals surface area contributed by atoms with Crippen molar-refractivity contribution in [3.8, 4) is 0 Å². The van der Waals surface area contributed by atoms with E-state index < -0.39 is 0 Å². The molecule has 18 heavy (non-hydrogen) atoms. The van der Waals surface area contributed by atoms with Crippen molar-refractivity contribution in [3.05, 3.63) is 56.2 Å². The van der Waals surface area contributed by atoms with E-state index in [1.165, 1.54) is 20.5 Å². The Morgan fingerprint density at radius 2 is 2.17 bits per heavy atom. The van der Waals surface area contributed by atoms with E-state index in [0.717, 1.165) is 13.0 Å². The van der Waals surface area contributed by atoms with Gasteiger partial charge in [0.25, 0.3) is 0 Å². The van der Waals surface area contributed by atoms with Gasteiger partial charge in [-0.25, -0.2) is 0 Å². The van der Waals surface area contributed by atoms with Gasteiger partial charge in [0.2, 0.25) is 0 Å². The first kappa shape index (κ1) is 13.8. The molecule has 1 atom stereocenters. The molecule has 1 heterocycles. The summed E-state index contributed by atoms with van der Waals surface area (Å²) in [6, 6.07) is 11.4. The molecular formula is C15H18BrNS. The van der Waals surface area contributed by atoms with E-state index in [-0.39, 0.29) is 0 Å². The van der Waals surface area contributed by atoms with Crippen LogP contribution >= 0.6 is 27.3 Å². The van der Waals surface area contributed by atoms with E-state index in [4.69, 9.17) is 0 Å². The van der Waals surface area contributed by atoms with E-state index in [9.17, 15) is 0 Å². The molecule has 96 valence electrons. The molecule has 0 amide bonds. The number of hydrogen-bond acceptors (Lipinski definition) is 2. The van der Waals surface area contributed by atoms with E-state index in [0.29, 0.717) is 6.04 Å². The largest absolute Gasteiger partial charge is 0.309 e. The molecule has 0 saturated heterocycles. The standard InChI is InChI=1S/C15H18BrNS/c1-3-17-14(15-9-13(16)10-18-15)8-12-6-4-5-11(2)7-12/h4-7,9-10,14,17H,3,8H2,1-2H3. The van der Waals surface area contributed by atoms with E-state index >= 15 is 0 Å². The summed E-state index contributed by atoms with van der Waals surface area (Å²) in [5.74, 6) is 0. The summed E-state index contributed by atoms with van der Waals surface area (Å²) < 4.78 is 1.18. The zero-order valence-electron chi connectivity index (χ0n) is 10.7. The van der Waals surface area contributed by atoms with Gasteiger partial charge >= 0.3 is 0 Å². The van der Waals surface area contributed by atoms with Crippen molar-refractivity contribution in [1.82, 2.24) is 5.32 Å². The summed E-state index contributed by atoms with van der Waals surface area (Å²) in [7, 11) is 0. The topological polar surface area (TPSA) is 12.0 Å². The average Bonchev–Trinajstić information content (AvgIpc) is 2.75. The number of thiophene rings is 1. The van der Waals surface area contributed by atoms with Crippen molar-refractivity contribution < 1.29 is 0 Å². The fourth-order valence-electron chi connectivity index (χ4n) is 2.11. The number of benzene rings is 1. The summed E-state index contributed by atoms with van der Waals surface area (Å²) >= 11 is 5.34. The van der Waals surface area contributed by atoms with E-state index in [1.807, 2.05) is 11.3 Å². The predicted octanol–water partition coefficient (Wildman–Crippen LogP) is 4.71. The Balaban J connectivity index is 2.16. The Morgan fingerprint density at radius 3 is 2.78 bits per heavy atom. The summed E-state index contributed by atoms with van der Waals surface area (Å²) in [5.41, 5.74) is 2.72. The van der Waals surface area contributed by atoms with Crippen LogP contribution in [0.3, 0.4) is 0 Å². The number of aryl methyl sites for hydroxylation is 1. The molecule has 2 aromatic rings. The van der Waals surface area contributed by atoms with Crippen molar-refractivity contribution in [1.29, 1.82) is 0 Å². The Hall–Kier alpha value is -0.640. The lowest BCUT2D eigenvalue weighted by molar-refractivity contribution is 0.558. The van der Waals surface area contributed by atoms with Crippen LogP contribution < -0.4 is 5.32 Å². The van der Waals surface area contributed by atoms with Gasteiger partial charge in [-0.2, -0.15) is 0 Å². The van der Waals surface area contributed by atoms with Crippen molar-refractivity contribution in [3.63, 3.8) is 0 Å². The fourth-order valence-corrected chi connectivity index (χ4v) is 3.63. The molecule has 2 rings (SSSR count). The Morgan fingerprint density at radius 1 is 1.33 bits per heavy atom. The van der Waals surface area contributed by atoms with Gasteiger partial charge < -0.3 is 5.32 Å². The van der Waals surface area contributed by atoms with Gasteiger partial charge in [0, 0.05) is 20.8 Å². The third kappa shape index (κ3) is 3.67. The predicted molar refractivity (Wildman–Crippen MR) is 83.3 cm³/mol. The molecule has 1 aromatic carbocycles. The van der Waals surface area contributed by atoms with Crippen LogP contribution in [0, 0.1) is 6.92 Å². The Labute approximate surface area is 121 Å². The van der Waals surface area contributed by atoms with Gasteiger partial charge in [0.05, 0.1) is 0 Å². The van der Waals surface area contributed by atoms with Crippen LogP contribution in [0.1, 0.15) is 29.0 Å². The number of rotatable bonds is 5. The summed E-state index contributed by atoms with van der Waals surface area (Å²) in [5, 5.41) is 5.72. The van der Waals surface area contributed by atoms with Gasteiger partial charge in [0.1, 0.15) is 0 Å². The molecule has 1 unspecified atom stereocenters. The molecule has 0 radical (unpaired) electrons. The van der Waals surface area contributed by atoms with Gasteiger partial charge in [0.15, 0.2) is 0 Å². The van der Waals surface area contributed by atoms with Crippen molar-refractivity contribution in [2.24, 2.45) is 0 Å². The van der Waals surface area contributed by atoms with Gasteiger partial charge in [-0.05, 0) is 47.4 Å². The van der Waals surface area contributed by atoms with Crippen LogP contribution in [0.15, 0.2) is 40.2 Å². The minimum atomic E-state index is 0.410. The lowest BCUT2D eigenvalue weighted by atomic mass is 10.0. The maximum Gasteiger partial charge on any atom is 0.0455 e. The second-order valence-electron chi connectivity index (χ2n) is 4.47. The van der Waals surface area contributed by atoms with Gasteiger partial charge in [-0.3, -0.25) is 0 Å². The van der Waals surface area contributed by atoms with Crippen LogP contribution in [0.5, 0.6) is 0 Å². The third-order valence-electron chi connectivity index (χ3n) is 2.90. The molecule has 0 saturated carbocycles. The first-order valence-electron chi connectivity index (χ1n) is 6.22. The Kier molecular flexibility index (Phi) is 4.98. The molecule has 1 nitrogen and oxygen atoms in total. The quantitative estimate of drug-likeness (QED) is 0.840. The molecule has 1 aromatic heterocycles. The highest BCUT2D eigenvalue weighted by molar-refractivity contribution is 9.10. The first-order valence-corrected chi connectivity index (χ1v) is 7.89. The zero-order chi connectivity index (χ0) is 13.0. The number of likely N-dealkylation sites (N-methyl/N-ethyl adjacent to an activating group) is 1. The Bertz CT molecular complexity index is 507. The summed E-state index contributed by atoms with van der Waals surface area (Å²) in [6.45, 7) is 5.30. The van der Waals surface area contributed by atoms with E-state index in [2.05, 4.69) is 70.8 Å². The van der Waals surface area contributed by atoms with Gasteiger partial charge in [-0.15, -0.1) is 11.3 Å². The second-order valence-corrected chi connectivity index (χ2v) is 6.33. The van der Waals surface area contributed by atoms with E-state index in [1.54, 1.807) is 0 Å². The fraction of sp³-hybridized carbons (Fsp3) is 0.333. The van der Waals surface area contributed by atoms with Crippen LogP contribution in [0.2, 0.25) is 0 Å². The third-order valence-corrected chi connectivity index (χ3v) is 4.71. The van der Waals surface area contributed by atoms with Crippen LogP contribution in [-0.4, -0.2) is 6.54 Å². The second kappa shape index (κ2) is 6.50. The molecule has 0 aliphatic rings. The molecule has 0 aliphatic heterocycles. The summed E-state index contributed by atoms with van der Waals surface area (Å²) in [4.78, 5) is 1.39. The highest BCUT2D eigenvalue weighted by Gasteiger charge is 2.13. The van der Waals surface area contributed by atoms with Gasteiger partial charge in [-0.1, -0.05) is 36.8 Å². The summed E-state index contributed by atoms with van der Waals surface area (Å²) in [6.07, 6.45) is 1.04. The smallest absolute Gasteiger partial charge is 0.0455 e. The number of hydrogen-bond donors (Lipinski definition) is 1.